The summed E-state index contributed by atoms with van der Waals surface area (Å²) in [6.45, 7) is 8.87. The van der Waals surface area contributed by atoms with Crippen LogP contribution in [0.3, 0.4) is 0 Å². The van der Waals surface area contributed by atoms with E-state index in [1.165, 1.54) is 20.7 Å². The summed E-state index contributed by atoms with van der Waals surface area (Å²) >= 11 is 3.60. The van der Waals surface area contributed by atoms with E-state index in [0.717, 1.165) is 27.7 Å². The Morgan fingerprint density at radius 3 is 2.26 bits per heavy atom. The maximum Gasteiger partial charge on any atom is 0.124 e. The average molecular weight is 443 g/mol. The van der Waals surface area contributed by atoms with E-state index in [2.05, 4.69) is 101 Å². The zero-order chi connectivity index (χ0) is 21.6. The van der Waals surface area contributed by atoms with Crippen molar-refractivity contribution < 1.29 is 0 Å². The molecule has 1 aromatic heterocycles. The van der Waals surface area contributed by atoms with Gasteiger partial charge in [0.25, 0.3) is 0 Å². The molecule has 2 aliphatic carbocycles. The Kier molecular flexibility index (Phi) is 5.03. The molecule has 2 heterocycles. The molecule has 2 aromatic rings. The predicted octanol–water partition coefficient (Wildman–Crippen LogP) is 8.09. The van der Waals surface area contributed by atoms with Gasteiger partial charge in [-0.05, 0) is 17.7 Å². The van der Waals surface area contributed by atoms with E-state index >= 15 is 0 Å². The molecule has 0 saturated carbocycles. The first kappa shape index (κ1) is 20.5. The SMILES string of the molecule is CC1(C)C=CC=C(C2=Nc3cc4sc(C5=CC=CC(C)(C)C=C5)nc4cc3SC2)C=C1. The van der Waals surface area contributed by atoms with Crippen molar-refractivity contribution in [1.82, 2.24) is 4.98 Å². The Hall–Kier alpha value is -2.43. The first-order valence-corrected chi connectivity index (χ1v) is 12.4. The molecule has 4 heteroatoms. The average Bonchev–Trinajstić information content (AvgIpc) is 2.91. The summed E-state index contributed by atoms with van der Waals surface area (Å²) in [4.78, 5) is 11.2. The Bertz CT molecular complexity index is 1270. The second kappa shape index (κ2) is 7.61. The lowest BCUT2D eigenvalue weighted by Crippen LogP contribution is -2.08. The molecular formula is C27H26N2S2. The number of aromatic nitrogens is 1. The minimum absolute atomic E-state index is 0.0707. The standard InChI is InChI=1S/C27H26N2S2/c1-26(2)11-5-7-18(9-13-26)22-17-30-23-15-21-24(16-20(23)28-22)31-25(29-21)19-8-6-12-27(3,4)14-10-19/h5-16H,17H2,1-4H3. The van der Waals surface area contributed by atoms with E-state index in [1.54, 1.807) is 11.3 Å². The number of rotatable bonds is 2. The highest BCUT2D eigenvalue weighted by molar-refractivity contribution is 8.00. The van der Waals surface area contributed by atoms with Crippen molar-refractivity contribution in [2.75, 3.05) is 5.75 Å². The number of aliphatic imine (C=N–C) groups is 1. The number of fused-ring (bicyclic) bond motifs is 2. The van der Waals surface area contributed by atoms with E-state index in [1.807, 2.05) is 11.8 Å². The molecule has 0 spiro atoms. The smallest absolute Gasteiger partial charge is 0.124 e. The van der Waals surface area contributed by atoms with E-state index in [0.29, 0.717) is 0 Å². The fraction of sp³-hybridized carbons (Fsp3) is 0.259. The molecule has 0 atom stereocenters. The fourth-order valence-electron chi connectivity index (χ4n) is 3.71. The zero-order valence-electron chi connectivity index (χ0n) is 18.3. The summed E-state index contributed by atoms with van der Waals surface area (Å²) in [6, 6.07) is 4.41. The summed E-state index contributed by atoms with van der Waals surface area (Å²) in [5.74, 6) is 0.883. The fourth-order valence-corrected chi connectivity index (χ4v) is 5.66. The van der Waals surface area contributed by atoms with Gasteiger partial charge in [-0.2, -0.15) is 0 Å². The number of allylic oxidation sites excluding steroid dienone is 12. The molecule has 1 aliphatic heterocycles. The molecular weight excluding hydrogens is 416 g/mol. The van der Waals surface area contributed by atoms with Crippen LogP contribution in [0.2, 0.25) is 0 Å². The second-order valence-corrected chi connectivity index (χ2v) is 11.5. The van der Waals surface area contributed by atoms with Gasteiger partial charge in [-0.25, -0.2) is 4.98 Å². The van der Waals surface area contributed by atoms with Crippen LogP contribution < -0.4 is 0 Å². The maximum absolute atomic E-state index is 5.05. The molecule has 156 valence electrons. The zero-order valence-corrected chi connectivity index (χ0v) is 20.0. The molecule has 0 amide bonds. The highest BCUT2D eigenvalue weighted by atomic mass is 32.2. The first-order valence-electron chi connectivity index (χ1n) is 10.6. The van der Waals surface area contributed by atoms with Crippen molar-refractivity contribution in [1.29, 1.82) is 0 Å². The van der Waals surface area contributed by atoms with E-state index < -0.39 is 0 Å². The molecule has 0 fully saturated rings. The third-order valence-electron chi connectivity index (χ3n) is 5.66. The molecule has 0 unspecified atom stereocenters. The highest BCUT2D eigenvalue weighted by Crippen LogP contribution is 2.41. The van der Waals surface area contributed by atoms with Crippen LogP contribution in [0.15, 0.2) is 88.4 Å². The van der Waals surface area contributed by atoms with Crippen molar-refractivity contribution in [2.45, 2.75) is 32.6 Å². The van der Waals surface area contributed by atoms with Crippen LogP contribution in [0.4, 0.5) is 5.69 Å². The van der Waals surface area contributed by atoms with Crippen LogP contribution >= 0.6 is 23.1 Å². The molecule has 5 rings (SSSR count). The summed E-state index contributed by atoms with van der Waals surface area (Å²) in [6.07, 6.45) is 22.0. The lowest BCUT2D eigenvalue weighted by atomic mass is 9.93. The van der Waals surface area contributed by atoms with Crippen LogP contribution in [0, 0.1) is 10.8 Å². The Morgan fingerprint density at radius 1 is 0.839 bits per heavy atom. The van der Waals surface area contributed by atoms with Crippen LogP contribution in [0.1, 0.15) is 32.7 Å². The van der Waals surface area contributed by atoms with Crippen molar-refractivity contribution in [3.63, 3.8) is 0 Å². The normalized spacial score (nSPS) is 21.2. The molecule has 31 heavy (non-hydrogen) atoms. The molecule has 0 radical (unpaired) electrons. The van der Waals surface area contributed by atoms with Gasteiger partial charge in [0.1, 0.15) is 5.01 Å². The van der Waals surface area contributed by atoms with Gasteiger partial charge in [0.2, 0.25) is 0 Å². The lowest BCUT2D eigenvalue weighted by molar-refractivity contribution is 0.627. The molecule has 3 aliphatic rings. The van der Waals surface area contributed by atoms with Gasteiger partial charge in [0.15, 0.2) is 0 Å². The van der Waals surface area contributed by atoms with Crippen LogP contribution in [-0.2, 0) is 0 Å². The largest absolute Gasteiger partial charge is 0.251 e. The Labute approximate surface area is 192 Å². The summed E-state index contributed by atoms with van der Waals surface area (Å²) in [5, 5.41) is 1.06. The number of thiazole rings is 1. The molecule has 0 N–H and O–H groups in total. The first-order chi connectivity index (χ1) is 14.8. The van der Waals surface area contributed by atoms with Crippen molar-refractivity contribution in [3.05, 3.63) is 83.5 Å². The molecule has 2 nitrogen and oxygen atoms in total. The highest BCUT2D eigenvalue weighted by Gasteiger charge is 2.20. The number of nitrogens with zero attached hydrogens (tertiary/aromatic N) is 2. The van der Waals surface area contributed by atoms with Crippen LogP contribution in [0.25, 0.3) is 15.8 Å². The third-order valence-corrected chi connectivity index (χ3v) is 7.78. The number of hydrogen-bond acceptors (Lipinski definition) is 4. The summed E-state index contributed by atoms with van der Waals surface area (Å²) in [5.41, 5.74) is 5.78. The van der Waals surface area contributed by atoms with Crippen molar-refractivity contribution in [2.24, 2.45) is 15.8 Å². The van der Waals surface area contributed by atoms with Gasteiger partial charge >= 0.3 is 0 Å². The van der Waals surface area contributed by atoms with Gasteiger partial charge in [-0.3, -0.25) is 4.99 Å². The van der Waals surface area contributed by atoms with E-state index in [9.17, 15) is 0 Å². The van der Waals surface area contributed by atoms with Crippen molar-refractivity contribution >= 4 is 50.3 Å². The number of hydrogen-bond donors (Lipinski definition) is 0. The maximum atomic E-state index is 5.05. The van der Waals surface area contributed by atoms with E-state index in [-0.39, 0.29) is 10.8 Å². The van der Waals surface area contributed by atoms with Crippen LogP contribution in [-0.4, -0.2) is 16.4 Å². The minimum Gasteiger partial charge on any atom is -0.251 e. The summed E-state index contributed by atoms with van der Waals surface area (Å²) < 4.78 is 1.19. The second-order valence-electron chi connectivity index (χ2n) is 9.43. The van der Waals surface area contributed by atoms with Gasteiger partial charge < -0.3 is 0 Å². The topological polar surface area (TPSA) is 25.2 Å². The Morgan fingerprint density at radius 2 is 1.52 bits per heavy atom. The minimum atomic E-state index is 0.0707. The van der Waals surface area contributed by atoms with Gasteiger partial charge in [0, 0.05) is 27.1 Å². The van der Waals surface area contributed by atoms with Gasteiger partial charge in [0.05, 0.1) is 21.6 Å². The number of benzene rings is 1. The third kappa shape index (κ3) is 4.32. The molecule has 0 bridgehead atoms. The van der Waals surface area contributed by atoms with Crippen LogP contribution in [0.5, 0.6) is 0 Å². The molecule has 1 aromatic carbocycles. The predicted molar refractivity (Wildman–Crippen MR) is 138 cm³/mol. The van der Waals surface area contributed by atoms with Gasteiger partial charge in [-0.15, -0.1) is 23.1 Å². The van der Waals surface area contributed by atoms with E-state index in [4.69, 9.17) is 9.98 Å². The number of thioether (sulfide) groups is 1. The lowest BCUT2D eigenvalue weighted by Gasteiger charge is -2.16. The van der Waals surface area contributed by atoms with Gasteiger partial charge in [-0.1, -0.05) is 88.5 Å². The quantitative estimate of drug-likeness (QED) is 0.469. The molecule has 0 saturated heterocycles. The van der Waals surface area contributed by atoms with Crippen molar-refractivity contribution in [3.8, 4) is 0 Å². The summed E-state index contributed by atoms with van der Waals surface area (Å²) in [7, 11) is 0. The Balaban J connectivity index is 1.50. The monoisotopic (exact) mass is 442 g/mol.